The second kappa shape index (κ2) is 11.4. The molecule has 0 aliphatic heterocycles. The Bertz CT molecular complexity index is 1130. The van der Waals surface area contributed by atoms with Crippen LogP contribution in [-0.2, 0) is 4.79 Å². The first-order valence-corrected chi connectivity index (χ1v) is 10.7. The van der Waals surface area contributed by atoms with Crippen LogP contribution in [0.15, 0.2) is 72.8 Å². The molecule has 0 bridgehead atoms. The summed E-state index contributed by atoms with van der Waals surface area (Å²) in [6.07, 6.45) is 3.86. The molecule has 3 aromatic carbocycles. The molecule has 0 saturated carbocycles. The van der Waals surface area contributed by atoms with Gasteiger partial charge >= 0.3 is 5.97 Å². The van der Waals surface area contributed by atoms with Gasteiger partial charge in [-0.25, -0.2) is 4.79 Å². The lowest BCUT2D eigenvalue weighted by Crippen LogP contribution is -2.12. The summed E-state index contributed by atoms with van der Waals surface area (Å²) in [5, 5.41) is 3.53. The predicted octanol–water partition coefficient (Wildman–Crippen LogP) is 6.65. The Morgan fingerprint density at radius 2 is 1.75 bits per heavy atom. The molecule has 0 atom stereocenters. The highest BCUT2D eigenvalue weighted by molar-refractivity contribution is 6.35. The Balaban J connectivity index is 1.61. The van der Waals surface area contributed by atoms with E-state index in [1.165, 1.54) is 6.08 Å². The van der Waals surface area contributed by atoms with E-state index in [0.717, 1.165) is 12.0 Å². The molecule has 164 valence electrons. The average molecular weight is 470 g/mol. The molecule has 0 saturated heterocycles. The number of halogens is 2. The highest BCUT2D eigenvalue weighted by Crippen LogP contribution is 2.26. The van der Waals surface area contributed by atoms with Gasteiger partial charge in [-0.1, -0.05) is 48.3 Å². The summed E-state index contributed by atoms with van der Waals surface area (Å²) in [6.45, 7) is 2.62. The van der Waals surface area contributed by atoms with E-state index in [0.29, 0.717) is 39.4 Å². The van der Waals surface area contributed by atoms with Crippen LogP contribution < -0.4 is 14.8 Å². The van der Waals surface area contributed by atoms with E-state index >= 15 is 0 Å². The van der Waals surface area contributed by atoms with E-state index in [1.807, 2.05) is 31.2 Å². The Hall–Kier alpha value is -3.28. The van der Waals surface area contributed by atoms with Gasteiger partial charge in [0, 0.05) is 22.2 Å². The van der Waals surface area contributed by atoms with E-state index in [2.05, 4.69) is 5.32 Å². The zero-order valence-corrected chi connectivity index (χ0v) is 18.8. The van der Waals surface area contributed by atoms with E-state index in [-0.39, 0.29) is 5.91 Å². The number of hydrogen-bond acceptors (Lipinski definition) is 4. The molecule has 0 radical (unpaired) electrons. The molecule has 0 unspecified atom stereocenters. The number of esters is 1. The number of carbonyl (C=O) groups is 2. The molecule has 0 heterocycles. The van der Waals surface area contributed by atoms with Crippen molar-refractivity contribution in [3.05, 3.63) is 94.0 Å². The van der Waals surface area contributed by atoms with Gasteiger partial charge in [-0.3, -0.25) is 4.79 Å². The quantitative estimate of drug-likeness (QED) is 0.227. The Labute approximate surface area is 196 Å². The van der Waals surface area contributed by atoms with Gasteiger partial charge < -0.3 is 14.8 Å². The molecule has 7 heteroatoms. The van der Waals surface area contributed by atoms with Crippen molar-refractivity contribution in [2.45, 2.75) is 13.3 Å². The van der Waals surface area contributed by atoms with Crippen LogP contribution in [0.1, 0.15) is 29.3 Å². The van der Waals surface area contributed by atoms with Crippen LogP contribution >= 0.6 is 23.2 Å². The van der Waals surface area contributed by atoms with E-state index in [1.54, 1.807) is 48.5 Å². The van der Waals surface area contributed by atoms with Crippen LogP contribution in [0.5, 0.6) is 11.5 Å². The minimum absolute atomic E-state index is 0.313. The van der Waals surface area contributed by atoms with E-state index in [9.17, 15) is 9.59 Å². The molecule has 1 N–H and O–H groups in total. The summed E-state index contributed by atoms with van der Waals surface area (Å²) in [5.41, 5.74) is 1.57. The third kappa shape index (κ3) is 6.61. The van der Waals surface area contributed by atoms with Gasteiger partial charge in [0.15, 0.2) is 0 Å². The van der Waals surface area contributed by atoms with Gasteiger partial charge in [0.2, 0.25) is 0 Å². The molecular formula is C25H21Cl2NO4. The maximum absolute atomic E-state index is 12.4. The molecule has 0 spiro atoms. The number of carbonyl (C=O) groups excluding carboxylic acids is 2. The fourth-order valence-electron chi connectivity index (χ4n) is 2.73. The van der Waals surface area contributed by atoms with E-state index in [4.69, 9.17) is 32.7 Å². The number of nitrogens with one attached hydrogen (secondary N) is 1. The van der Waals surface area contributed by atoms with Crippen LogP contribution in [0, 0.1) is 0 Å². The first-order chi connectivity index (χ1) is 15.5. The highest BCUT2D eigenvalue weighted by atomic mass is 35.5. The number of para-hydroxylation sites is 1. The van der Waals surface area contributed by atoms with Gasteiger partial charge in [0.25, 0.3) is 5.91 Å². The van der Waals surface area contributed by atoms with Crippen LogP contribution in [0.25, 0.3) is 6.08 Å². The zero-order valence-electron chi connectivity index (χ0n) is 17.3. The van der Waals surface area contributed by atoms with Crippen LogP contribution in [0.3, 0.4) is 0 Å². The van der Waals surface area contributed by atoms with Gasteiger partial charge in [-0.15, -0.1) is 0 Å². The van der Waals surface area contributed by atoms with Gasteiger partial charge in [0.05, 0.1) is 17.3 Å². The zero-order chi connectivity index (χ0) is 22.9. The maximum atomic E-state index is 12.4. The van der Waals surface area contributed by atoms with Crippen molar-refractivity contribution >= 4 is 46.8 Å². The van der Waals surface area contributed by atoms with Gasteiger partial charge in [-0.2, -0.15) is 0 Å². The predicted molar refractivity (Wildman–Crippen MR) is 128 cm³/mol. The molecule has 0 aromatic heterocycles. The number of rotatable bonds is 8. The maximum Gasteiger partial charge on any atom is 0.336 e. The van der Waals surface area contributed by atoms with Crippen molar-refractivity contribution in [1.29, 1.82) is 0 Å². The third-order valence-corrected chi connectivity index (χ3v) is 4.86. The molecular weight excluding hydrogens is 449 g/mol. The third-order valence-electron chi connectivity index (χ3n) is 4.29. The summed E-state index contributed by atoms with van der Waals surface area (Å²) in [4.78, 5) is 24.6. The average Bonchev–Trinajstić information content (AvgIpc) is 2.79. The van der Waals surface area contributed by atoms with Crippen molar-refractivity contribution in [2.24, 2.45) is 0 Å². The lowest BCUT2D eigenvalue weighted by molar-refractivity contribution is -0.128. The number of ether oxygens (including phenoxy) is 2. The molecule has 1 amide bonds. The second-order valence-electron chi connectivity index (χ2n) is 6.74. The number of amides is 1. The number of benzene rings is 3. The molecule has 0 aliphatic carbocycles. The van der Waals surface area contributed by atoms with Crippen LogP contribution in [0.2, 0.25) is 10.0 Å². The SMILES string of the molecule is CCCOc1ccccc1/C=C/C(=O)Oc1ccc(C(=O)Nc2cc(Cl)ccc2Cl)cc1. The molecule has 32 heavy (non-hydrogen) atoms. The largest absolute Gasteiger partial charge is 0.493 e. The summed E-state index contributed by atoms with van der Waals surface area (Å²) >= 11 is 12.0. The molecule has 3 rings (SSSR count). The van der Waals surface area contributed by atoms with Gasteiger partial charge in [-0.05, 0) is 61.0 Å². The topological polar surface area (TPSA) is 64.6 Å². The summed E-state index contributed by atoms with van der Waals surface area (Å²) in [6, 6.07) is 18.4. The van der Waals surface area contributed by atoms with Gasteiger partial charge in [0.1, 0.15) is 11.5 Å². The smallest absolute Gasteiger partial charge is 0.336 e. The minimum Gasteiger partial charge on any atom is -0.493 e. The van der Waals surface area contributed by atoms with Crippen molar-refractivity contribution in [1.82, 2.24) is 0 Å². The lowest BCUT2D eigenvalue weighted by Gasteiger charge is -2.08. The first-order valence-electron chi connectivity index (χ1n) is 9.94. The monoisotopic (exact) mass is 469 g/mol. The fraction of sp³-hybridized carbons (Fsp3) is 0.120. The fourth-order valence-corrected chi connectivity index (χ4v) is 3.07. The Morgan fingerprint density at radius 3 is 2.50 bits per heavy atom. The minimum atomic E-state index is -0.543. The van der Waals surface area contributed by atoms with Crippen molar-refractivity contribution < 1.29 is 19.1 Å². The van der Waals surface area contributed by atoms with E-state index < -0.39 is 5.97 Å². The Morgan fingerprint density at radius 1 is 1.00 bits per heavy atom. The number of anilines is 1. The highest BCUT2D eigenvalue weighted by Gasteiger charge is 2.10. The van der Waals surface area contributed by atoms with Crippen LogP contribution in [-0.4, -0.2) is 18.5 Å². The second-order valence-corrected chi connectivity index (χ2v) is 7.59. The molecule has 3 aromatic rings. The van der Waals surface area contributed by atoms with Crippen LogP contribution in [0.4, 0.5) is 5.69 Å². The summed E-state index contributed by atoms with van der Waals surface area (Å²) in [5.74, 6) is 0.106. The molecule has 5 nitrogen and oxygen atoms in total. The number of hydrogen-bond donors (Lipinski definition) is 1. The van der Waals surface area contributed by atoms with Crippen molar-refractivity contribution in [2.75, 3.05) is 11.9 Å². The normalized spacial score (nSPS) is 10.7. The molecule has 0 aliphatic rings. The summed E-state index contributed by atoms with van der Waals surface area (Å²) < 4.78 is 11.0. The Kier molecular flexibility index (Phi) is 8.31. The summed E-state index contributed by atoms with van der Waals surface area (Å²) in [7, 11) is 0. The van der Waals surface area contributed by atoms with Crippen molar-refractivity contribution in [3.63, 3.8) is 0 Å². The lowest BCUT2D eigenvalue weighted by atomic mass is 10.2. The van der Waals surface area contributed by atoms with Crippen molar-refractivity contribution in [3.8, 4) is 11.5 Å². The first kappa shape index (κ1) is 23.4. The standard InChI is InChI=1S/C25H21Cl2NO4/c1-2-15-31-23-6-4-3-5-17(23)9-14-24(29)32-20-11-7-18(8-12-20)25(30)28-22-16-19(26)10-13-21(22)27/h3-14,16H,2,15H2,1H3,(H,28,30)/b14-9+. The molecule has 0 fully saturated rings.